The Hall–Kier alpha value is -1.00. The molecule has 0 bridgehead atoms. The monoisotopic (exact) mass is 116 g/mol. The van der Waals surface area contributed by atoms with Crippen LogP contribution in [0.5, 0.6) is 0 Å². The summed E-state index contributed by atoms with van der Waals surface area (Å²) in [4.78, 5) is 0.0868. The van der Waals surface area contributed by atoms with Gasteiger partial charge in [-0.3, -0.25) is 0 Å². The maximum Gasteiger partial charge on any atom is 0.0786 e. The summed E-state index contributed by atoms with van der Waals surface area (Å²) in [6.07, 6.45) is 0.980. The van der Waals surface area contributed by atoms with Gasteiger partial charge in [-0.2, -0.15) is 0 Å². The molecule has 0 saturated carbocycles. The highest BCUT2D eigenvalue weighted by atomic mass is 16.6. The van der Waals surface area contributed by atoms with E-state index in [1.165, 1.54) is 5.01 Å². The van der Waals surface area contributed by atoms with Gasteiger partial charge in [-0.1, -0.05) is 0 Å². The number of hydrogen-bond donors (Lipinski definition) is 0. The van der Waals surface area contributed by atoms with E-state index < -0.39 is 0 Å². The lowest BCUT2D eigenvalue weighted by molar-refractivity contribution is -0.702. The van der Waals surface area contributed by atoms with Gasteiger partial charge >= 0.3 is 0 Å². The highest BCUT2D eigenvalue weighted by molar-refractivity contribution is 4.56. The Morgan fingerprint density at radius 1 is 1.50 bits per heavy atom. The van der Waals surface area contributed by atoms with Gasteiger partial charge in [0, 0.05) is 4.97 Å². The largest absolute Gasteiger partial charge is 0.737 e. The van der Waals surface area contributed by atoms with E-state index in [1.54, 1.807) is 0 Å². The molecule has 0 aliphatic carbocycles. The number of hydrogen-bond acceptors (Lipinski definition) is 3. The molecule has 1 aliphatic heterocycles. The lowest BCUT2D eigenvalue weighted by Crippen LogP contribution is -2.41. The van der Waals surface area contributed by atoms with Crippen molar-refractivity contribution in [1.29, 1.82) is 0 Å². The van der Waals surface area contributed by atoms with E-state index in [9.17, 15) is 10.4 Å². The third kappa shape index (κ3) is 0.661. The first-order chi connectivity index (χ1) is 3.84. The summed E-state index contributed by atoms with van der Waals surface area (Å²) in [6.45, 7) is 1.32. The van der Waals surface area contributed by atoms with Crippen LogP contribution >= 0.6 is 0 Å². The van der Waals surface area contributed by atoms with Crippen LogP contribution < -0.4 is 0 Å². The van der Waals surface area contributed by atoms with Gasteiger partial charge in [0.1, 0.15) is 0 Å². The Labute approximate surface area is 46.3 Å². The summed E-state index contributed by atoms with van der Waals surface area (Å²) in [5.41, 5.74) is 0. The van der Waals surface area contributed by atoms with Gasteiger partial charge in [0.2, 0.25) is 0 Å². The van der Waals surface area contributed by atoms with Crippen molar-refractivity contribution in [2.75, 3.05) is 13.1 Å². The zero-order valence-electron chi connectivity index (χ0n) is 4.28. The van der Waals surface area contributed by atoms with Crippen LogP contribution in [0.15, 0.2) is 5.28 Å². The van der Waals surface area contributed by atoms with Crippen LogP contribution in [0.25, 0.3) is 0 Å². The first-order valence-corrected chi connectivity index (χ1v) is 2.40. The van der Waals surface area contributed by atoms with E-state index in [-0.39, 0.29) is 4.97 Å². The van der Waals surface area contributed by atoms with Crippen molar-refractivity contribution in [3.63, 3.8) is 0 Å². The standard InChI is InChI=1S/C3H7N3O2/c7-4-6(8)5-2-1-3-5/h7H,1-3H2/p-1/b6-4+. The predicted octanol–water partition coefficient (Wildman–Crippen LogP) is 0.0674. The fraction of sp³-hybridized carbons (Fsp3) is 1.00. The molecule has 0 amide bonds. The van der Waals surface area contributed by atoms with E-state index in [1.807, 2.05) is 0 Å². The topological polar surface area (TPSA) is 64.7 Å². The molecule has 0 aromatic rings. The second-order valence-electron chi connectivity index (χ2n) is 1.64. The molecule has 1 rings (SSSR count). The molecule has 0 aromatic heterocycles. The maximum absolute atomic E-state index is 10.2. The van der Waals surface area contributed by atoms with Gasteiger partial charge in [0.25, 0.3) is 0 Å². The van der Waals surface area contributed by atoms with Crippen LogP contribution in [0.1, 0.15) is 6.42 Å². The number of hydrazine groups is 1. The van der Waals surface area contributed by atoms with Gasteiger partial charge in [-0.25, -0.2) is 0 Å². The quantitative estimate of drug-likeness (QED) is 0.276. The Morgan fingerprint density at radius 3 is 2.25 bits per heavy atom. The van der Waals surface area contributed by atoms with E-state index >= 15 is 0 Å². The summed E-state index contributed by atoms with van der Waals surface area (Å²) >= 11 is 0. The molecular formula is C3H6N3O2-. The lowest BCUT2D eigenvalue weighted by atomic mass is 10.3. The van der Waals surface area contributed by atoms with E-state index in [2.05, 4.69) is 5.28 Å². The SMILES string of the molecule is [O-]/N=[N+](/[O-])N1CCC1. The average molecular weight is 116 g/mol. The van der Waals surface area contributed by atoms with Gasteiger partial charge in [-0.15, -0.1) is 5.01 Å². The second-order valence-corrected chi connectivity index (χ2v) is 1.64. The van der Waals surface area contributed by atoms with Crippen molar-refractivity contribution in [3.05, 3.63) is 10.4 Å². The Balaban J connectivity index is 2.34. The van der Waals surface area contributed by atoms with Crippen molar-refractivity contribution in [2.24, 2.45) is 5.28 Å². The van der Waals surface area contributed by atoms with Gasteiger partial charge in [-0.05, 0) is 11.7 Å². The number of rotatable bonds is 1. The number of nitrogens with zero attached hydrogens (tertiary/aromatic N) is 3. The lowest BCUT2D eigenvalue weighted by Gasteiger charge is -2.26. The fourth-order valence-corrected chi connectivity index (χ4v) is 0.522. The smallest absolute Gasteiger partial charge is 0.0786 e. The minimum absolute atomic E-state index is 0.0868. The highest BCUT2D eigenvalue weighted by Gasteiger charge is 2.19. The molecule has 0 aromatic carbocycles. The van der Waals surface area contributed by atoms with Crippen LogP contribution in [-0.4, -0.2) is 23.1 Å². The van der Waals surface area contributed by atoms with Crippen LogP contribution in [0.2, 0.25) is 0 Å². The molecule has 5 heteroatoms. The molecule has 5 nitrogen and oxygen atoms in total. The predicted molar refractivity (Wildman–Crippen MR) is 25.6 cm³/mol. The summed E-state index contributed by atoms with van der Waals surface area (Å²) in [7, 11) is 0. The summed E-state index contributed by atoms with van der Waals surface area (Å²) in [5, 5.41) is 23.1. The molecule has 1 saturated heterocycles. The Kier molecular flexibility index (Phi) is 1.19. The second kappa shape index (κ2) is 1.85. The normalized spacial score (nSPS) is 20.5. The highest BCUT2D eigenvalue weighted by Crippen LogP contribution is 2.04. The molecule has 0 N–H and O–H groups in total. The van der Waals surface area contributed by atoms with Crippen LogP contribution in [0.3, 0.4) is 0 Å². The van der Waals surface area contributed by atoms with Crippen molar-refractivity contribution in [2.45, 2.75) is 6.42 Å². The molecule has 1 fully saturated rings. The van der Waals surface area contributed by atoms with Crippen LogP contribution in [0.4, 0.5) is 0 Å². The Bertz CT molecular complexity index is 109. The third-order valence-electron chi connectivity index (χ3n) is 1.14. The third-order valence-corrected chi connectivity index (χ3v) is 1.14. The zero-order chi connectivity index (χ0) is 5.98. The van der Waals surface area contributed by atoms with Crippen LogP contribution in [-0.2, 0) is 0 Å². The van der Waals surface area contributed by atoms with Gasteiger partial charge in [0.05, 0.1) is 13.1 Å². The van der Waals surface area contributed by atoms with Gasteiger partial charge in [0.15, 0.2) is 0 Å². The molecule has 1 heterocycles. The first kappa shape index (κ1) is 5.14. The summed E-state index contributed by atoms with van der Waals surface area (Å²) < 4.78 is 0. The molecule has 0 unspecified atom stereocenters. The molecule has 0 spiro atoms. The van der Waals surface area contributed by atoms with Crippen molar-refractivity contribution >= 4 is 0 Å². The average Bonchev–Trinajstić information content (AvgIpc) is 1.62. The van der Waals surface area contributed by atoms with Crippen molar-refractivity contribution < 1.29 is 4.97 Å². The molecular weight excluding hydrogens is 110 g/mol. The summed E-state index contributed by atoms with van der Waals surface area (Å²) in [6, 6.07) is 0. The Morgan fingerprint density at radius 2 is 2.12 bits per heavy atom. The zero-order valence-corrected chi connectivity index (χ0v) is 4.28. The van der Waals surface area contributed by atoms with Crippen molar-refractivity contribution in [3.8, 4) is 0 Å². The van der Waals surface area contributed by atoms with Gasteiger partial charge < -0.3 is 10.4 Å². The van der Waals surface area contributed by atoms with E-state index in [0.717, 1.165) is 6.42 Å². The molecule has 46 valence electrons. The minimum atomic E-state index is 0.0868. The van der Waals surface area contributed by atoms with E-state index in [4.69, 9.17) is 0 Å². The molecule has 0 atom stereocenters. The van der Waals surface area contributed by atoms with Crippen LogP contribution in [0, 0.1) is 10.4 Å². The molecule has 1 aliphatic rings. The minimum Gasteiger partial charge on any atom is -0.737 e. The maximum atomic E-state index is 10.2. The van der Waals surface area contributed by atoms with Crippen molar-refractivity contribution in [1.82, 2.24) is 5.01 Å². The first-order valence-electron chi connectivity index (χ1n) is 2.40. The molecule has 8 heavy (non-hydrogen) atoms. The fourth-order valence-electron chi connectivity index (χ4n) is 0.522. The summed E-state index contributed by atoms with van der Waals surface area (Å²) in [5.74, 6) is 0. The molecule has 0 radical (unpaired) electrons. The van der Waals surface area contributed by atoms with E-state index in [0.29, 0.717) is 13.1 Å².